The molecule has 4 rings (SSSR count). The lowest BCUT2D eigenvalue weighted by atomic mass is 10.0. The van der Waals surface area contributed by atoms with Crippen molar-refractivity contribution in [1.29, 1.82) is 0 Å². The minimum Gasteiger partial charge on any atom is -0.354 e. The van der Waals surface area contributed by atoms with E-state index in [1.807, 2.05) is 6.20 Å². The second kappa shape index (κ2) is 8.07. The van der Waals surface area contributed by atoms with Gasteiger partial charge in [0.1, 0.15) is 5.82 Å². The van der Waals surface area contributed by atoms with Crippen molar-refractivity contribution >= 4 is 16.6 Å². The molecule has 4 heteroatoms. The van der Waals surface area contributed by atoms with Crippen LogP contribution in [-0.4, -0.2) is 43.1 Å². The second-order valence-corrected chi connectivity index (χ2v) is 7.52. The normalized spacial score (nSPS) is 16.6. The number of pyridine rings is 1. The van der Waals surface area contributed by atoms with Crippen molar-refractivity contribution in [3.8, 4) is 0 Å². The number of nitrogens with zero attached hydrogens (tertiary/aromatic N) is 3. The fourth-order valence-corrected chi connectivity index (χ4v) is 3.64. The Morgan fingerprint density at radius 1 is 0.963 bits per heavy atom. The first-order valence-corrected chi connectivity index (χ1v) is 9.79. The summed E-state index contributed by atoms with van der Waals surface area (Å²) < 4.78 is 0. The molecule has 0 radical (unpaired) electrons. The Morgan fingerprint density at radius 2 is 1.74 bits per heavy atom. The standard InChI is InChI=1S/C23H28N4/c1-18(21-8-7-20-5-3-4-6-22(20)16-21)25-17-19-9-10-24-23(15-19)27-13-11-26(2)12-14-27/h3-10,15-16,18,25H,11-14,17H2,1-2H3. The zero-order valence-electron chi connectivity index (χ0n) is 16.2. The molecule has 1 N–H and O–H groups in total. The van der Waals surface area contributed by atoms with Gasteiger partial charge in [0.25, 0.3) is 0 Å². The Labute approximate surface area is 161 Å². The SMILES string of the molecule is CC(NCc1ccnc(N2CCN(C)CC2)c1)c1ccc2ccccc2c1. The minimum absolute atomic E-state index is 0.301. The average Bonchev–Trinajstić information content (AvgIpc) is 2.72. The van der Waals surface area contributed by atoms with E-state index in [9.17, 15) is 0 Å². The highest BCUT2D eigenvalue weighted by molar-refractivity contribution is 5.83. The van der Waals surface area contributed by atoms with E-state index in [0.29, 0.717) is 6.04 Å². The Hall–Kier alpha value is -2.43. The third kappa shape index (κ3) is 4.29. The highest BCUT2D eigenvalue weighted by atomic mass is 15.3. The van der Waals surface area contributed by atoms with E-state index in [1.165, 1.54) is 21.9 Å². The number of rotatable bonds is 5. The number of nitrogens with one attached hydrogen (secondary N) is 1. The van der Waals surface area contributed by atoms with E-state index in [1.54, 1.807) is 0 Å². The van der Waals surface area contributed by atoms with Crippen molar-refractivity contribution in [3.05, 3.63) is 71.9 Å². The topological polar surface area (TPSA) is 31.4 Å². The highest BCUT2D eigenvalue weighted by Gasteiger charge is 2.15. The maximum Gasteiger partial charge on any atom is 0.128 e. The summed E-state index contributed by atoms with van der Waals surface area (Å²) in [5.74, 6) is 1.10. The number of likely N-dealkylation sites (N-methyl/N-ethyl adjacent to an activating group) is 1. The number of aromatic nitrogens is 1. The minimum atomic E-state index is 0.301. The van der Waals surface area contributed by atoms with Crippen LogP contribution in [0.5, 0.6) is 0 Å². The zero-order valence-corrected chi connectivity index (χ0v) is 16.2. The van der Waals surface area contributed by atoms with Gasteiger partial charge in [-0.25, -0.2) is 4.98 Å². The van der Waals surface area contributed by atoms with Crippen LogP contribution >= 0.6 is 0 Å². The van der Waals surface area contributed by atoms with Gasteiger partial charge in [-0.15, -0.1) is 0 Å². The molecule has 0 bridgehead atoms. The van der Waals surface area contributed by atoms with E-state index >= 15 is 0 Å². The van der Waals surface area contributed by atoms with Crippen molar-refractivity contribution in [2.45, 2.75) is 19.5 Å². The van der Waals surface area contributed by atoms with Gasteiger partial charge in [-0.1, -0.05) is 36.4 Å². The van der Waals surface area contributed by atoms with Crippen LogP contribution in [0.3, 0.4) is 0 Å². The largest absolute Gasteiger partial charge is 0.354 e. The van der Waals surface area contributed by atoms with Crippen LogP contribution in [-0.2, 0) is 6.54 Å². The van der Waals surface area contributed by atoms with Gasteiger partial charge in [0.05, 0.1) is 0 Å². The molecule has 0 aliphatic carbocycles. The average molecular weight is 361 g/mol. The fourth-order valence-electron chi connectivity index (χ4n) is 3.64. The third-order valence-electron chi connectivity index (χ3n) is 5.52. The van der Waals surface area contributed by atoms with Gasteiger partial charge in [-0.2, -0.15) is 0 Å². The zero-order chi connectivity index (χ0) is 18.6. The van der Waals surface area contributed by atoms with Gasteiger partial charge in [0.15, 0.2) is 0 Å². The number of hydrogen-bond acceptors (Lipinski definition) is 4. The molecule has 140 valence electrons. The van der Waals surface area contributed by atoms with Crippen LogP contribution in [0.1, 0.15) is 24.1 Å². The van der Waals surface area contributed by atoms with E-state index in [4.69, 9.17) is 0 Å². The Balaban J connectivity index is 1.41. The number of hydrogen-bond donors (Lipinski definition) is 1. The van der Waals surface area contributed by atoms with Crippen molar-refractivity contribution in [2.24, 2.45) is 0 Å². The van der Waals surface area contributed by atoms with Gasteiger partial charge in [-0.05, 0) is 54.1 Å². The lowest BCUT2D eigenvalue weighted by Gasteiger charge is -2.33. The van der Waals surface area contributed by atoms with Crippen LogP contribution in [0.25, 0.3) is 10.8 Å². The van der Waals surface area contributed by atoms with Crippen molar-refractivity contribution in [2.75, 3.05) is 38.1 Å². The van der Waals surface area contributed by atoms with E-state index in [0.717, 1.165) is 38.5 Å². The van der Waals surface area contributed by atoms with Gasteiger partial charge in [0, 0.05) is 45.0 Å². The molecule has 1 atom stereocenters. The van der Waals surface area contributed by atoms with Gasteiger partial charge >= 0.3 is 0 Å². The maximum absolute atomic E-state index is 4.59. The number of anilines is 1. The first-order valence-electron chi connectivity index (χ1n) is 9.79. The number of benzene rings is 2. The predicted octanol–water partition coefficient (Wildman–Crippen LogP) is 3.84. The molecular weight excluding hydrogens is 332 g/mol. The molecule has 1 unspecified atom stereocenters. The third-order valence-corrected chi connectivity index (χ3v) is 5.52. The Kier molecular flexibility index (Phi) is 5.37. The molecular formula is C23H28N4. The molecule has 0 spiro atoms. The summed E-state index contributed by atoms with van der Waals surface area (Å²) >= 11 is 0. The van der Waals surface area contributed by atoms with Crippen molar-refractivity contribution < 1.29 is 0 Å². The van der Waals surface area contributed by atoms with Gasteiger partial charge < -0.3 is 15.1 Å². The van der Waals surface area contributed by atoms with Gasteiger partial charge in [-0.3, -0.25) is 0 Å². The summed E-state index contributed by atoms with van der Waals surface area (Å²) in [5, 5.41) is 6.25. The van der Waals surface area contributed by atoms with Gasteiger partial charge in [0.2, 0.25) is 0 Å². The first kappa shape index (κ1) is 18.0. The van der Waals surface area contributed by atoms with Crippen LogP contribution < -0.4 is 10.2 Å². The highest BCUT2D eigenvalue weighted by Crippen LogP contribution is 2.21. The molecule has 1 aliphatic heterocycles. The molecule has 4 nitrogen and oxygen atoms in total. The molecule has 2 aromatic carbocycles. The Bertz CT molecular complexity index is 900. The van der Waals surface area contributed by atoms with Crippen LogP contribution in [0.4, 0.5) is 5.82 Å². The Morgan fingerprint density at radius 3 is 2.56 bits per heavy atom. The molecule has 1 aliphatic rings. The van der Waals surface area contributed by atoms with E-state index in [-0.39, 0.29) is 0 Å². The first-order chi connectivity index (χ1) is 13.2. The summed E-state index contributed by atoms with van der Waals surface area (Å²) in [4.78, 5) is 9.34. The number of piperazine rings is 1. The monoisotopic (exact) mass is 360 g/mol. The van der Waals surface area contributed by atoms with Crippen molar-refractivity contribution in [1.82, 2.24) is 15.2 Å². The second-order valence-electron chi connectivity index (χ2n) is 7.52. The summed E-state index contributed by atoms with van der Waals surface area (Å²) in [6.45, 7) is 7.37. The smallest absolute Gasteiger partial charge is 0.128 e. The van der Waals surface area contributed by atoms with Crippen LogP contribution in [0.15, 0.2) is 60.8 Å². The summed E-state index contributed by atoms with van der Waals surface area (Å²) in [6.07, 6.45) is 1.94. The van der Waals surface area contributed by atoms with E-state index < -0.39 is 0 Å². The van der Waals surface area contributed by atoms with Crippen molar-refractivity contribution in [3.63, 3.8) is 0 Å². The fraction of sp³-hybridized carbons (Fsp3) is 0.348. The molecule has 2 heterocycles. The summed E-state index contributed by atoms with van der Waals surface area (Å²) in [5.41, 5.74) is 2.61. The molecule has 1 aromatic heterocycles. The van der Waals surface area contributed by atoms with Crippen LogP contribution in [0, 0.1) is 0 Å². The van der Waals surface area contributed by atoms with Crippen LogP contribution in [0.2, 0.25) is 0 Å². The summed E-state index contributed by atoms with van der Waals surface area (Å²) in [6, 6.07) is 19.9. The lowest BCUT2D eigenvalue weighted by molar-refractivity contribution is 0.312. The maximum atomic E-state index is 4.59. The molecule has 0 amide bonds. The molecule has 27 heavy (non-hydrogen) atoms. The molecule has 3 aromatic rings. The van der Waals surface area contributed by atoms with E-state index in [2.05, 4.69) is 88.7 Å². The quantitative estimate of drug-likeness (QED) is 0.749. The summed E-state index contributed by atoms with van der Waals surface area (Å²) in [7, 11) is 2.18. The molecule has 1 saturated heterocycles. The molecule has 1 fully saturated rings. The predicted molar refractivity (Wildman–Crippen MR) is 113 cm³/mol. The lowest BCUT2D eigenvalue weighted by Crippen LogP contribution is -2.44. The molecule has 0 saturated carbocycles. The number of fused-ring (bicyclic) bond motifs is 1.